The molecule has 0 radical (unpaired) electrons. The highest BCUT2D eigenvalue weighted by atomic mass is 16.2. The second-order valence-corrected chi connectivity index (χ2v) is 7.19. The van der Waals surface area contributed by atoms with E-state index in [1.54, 1.807) is 0 Å². The van der Waals surface area contributed by atoms with Gasteiger partial charge >= 0.3 is 0 Å². The van der Waals surface area contributed by atoms with Gasteiger partial charge in [-0.25, -0.2) is 4.99 Å². The molecule has 0 saturated carbocycles. The van der Waals surface area contributed by atoms with Gasteiger partial charge in [0, 0.05) is 12.1 Å². The zero-order valence-corrected chi connectivity index (χ0v) is 15.5. The van der Waals surface area contributed by atoms with Gasteiger partial charge in [0.1, 0.15) is 5.71 Å². The first kappa shape index (κ1) is 17.4. The van der Waals surface area contributed by atoms with E-state index in [4.69, 9.17) is 0 Å². The summed E-state index contributed by atoms with van der Waals surface area (Å²) < 4.78 is 0. The molecule has 0 bridgehead atoms. The van der Waals surface area contributed by atoms with E-state index in [9.17, 15) is 4.79 Å². The molecule has 1 atom stereocenters. The highest BCUT2D eigenvalue weighted by Gasteiger charge is 2.33. The fraction of sp³-hybridized carbons (Fsp3) is 0.364. The third-order valence-corrected chi connectivity index (χ3v) is 4.76. The fourth-order valence-electron chi connectivity index (χ4n) is 3.16. The van der Waals surface area contributed by atoms with Crippen molar-refractivity contribution >= 4 is 23.0 Å². The molecular formula is C22H26N2O. The van der Waals surface area contributed by atoms with Crippen LogP contribution in [0.1, 0.15) is 51.2 Å². The van der Waals surface area contributed by atoms with Crippen molar-refractivity contribution in [2.75, 3.05) is 11.4 Å². The molecule has 1 aliphatic rings. The van der Waals surface area contributed by atoms with Crippen molar-refractivity contribution in [3.05, 3.63) is 59.7 Å². The lowest BCUT2D eigenvalue weighted by Crippen LogP contribution is -2.33. The molecule has 0 saturated heterocycles. The Bertz CT molecular complexity index is 790. The number of carbonyl (C=O) groups is 1. The molecule has 1 unspecified atom stereocenters. The summed E-state index contributed by atoms with van der Waals surface area (Å²) >= 11 is 0. The van der Waals surface area contributed by atoms with Gasteiger partial charge in [-0.05, 0) is 42.0 Å². The average molecular weight is 334 g/mol. The molecule has 0 N–H and O–H groups in total. The molecule has 0 aromatic heterocycles. The SMILES string of the molecule is CCC(C)c1ccc(N=C2C(=O)N(CC(C)C)c3ccccc32)cc1. The van der Waals surface area contributed by atoms with Crippen molar-refractivity contribution in [3.63, 3.8) is 0 Å². The highest BCUT2D eigenvalue weighted by molar-refractivity contribution is 6.54. The zero-order valence-electron chi connectivity index (χ0n) is 15.5. The van der Waals surface area contributed by atoms with Crippen LogP contribution in [0.15, 0.2) is 53.5 Å². The molecule has 2 aromatic carbocycles. The lowest BCUT2D eigenvalue weighted by molar-refractivity contribution is -0.112. The summed E-state index contributed by atoms with van der Waals surface area (Å²) in [6.45, 7) is 9.37. The van der Waals surface area contributed by atoms with Crippen LogP contribution in [-0.4, -0.2) is 18.2 Å². The van der Waals surface area contributed by atoms with E-state index >= 15 is 0 Å². The molecule has 1 amide bonds. The summed E-state index contributed by atoms with van der Waals surface area (Å²) in [6.07, 6.45) is 1.11. The van der Waals surface area contributed by atoms with Crippen molar-refractivity contribution in [1.29, 1.82) is 0 Å². The Balaban J connectivity index is 1.96. The first-order valence-electron chi connectivity index (χ1n) is 9.11. The van der Waals surface area contributed by atoms with Gasteiger partial charge in [0.15, 0.2) is 0 Å². The third-order valence-electron chi connectivity index (χ3n) is 4.76. The Morgan fingerprint density at radius 3 is 2.32 bits per heavy atom. The Labute approximate surface area is 150 Å². The minimum atomic E-state index is 0.000836. The summed E-state index contributed by atoms with van der Waals surface area (Å²) in [5, 5.41) is 0. The Kier molecular flexibility index (Phi) is 5.03. The van der Waals surface area contributed by atoms with Crippen LogP contribution in [0.5, 0.6) is 0 Å². The predicted molar refractivity (Wildman–Crippen MR) is 105 cm³/mol. The molecule has 3 nitrogen and oxygen atoms in total. The van der Waals surface area contributed by atoms with E-state index in [1.165, 1.54) is 5.56 Å². The molecule has 1 heterocycles. The van der Waals surface area contributed by atoms with Crippen molar-refractivity contribution in [2.24, 2.45) is 10.9 Å². The van der Waals surface area contributed by atoms with Crippen LogP contribution in [0.4, 0.5) is 11.4 Å². The van der Waals surface area contributed by atoms with Crippen LogP contribution in [0.2, 0.25) is 0 Å². The van der Waals surface area contributed by atoms with Gasteiger partial charge in [0.05, 0.1) is 11.4 Å². The largest absolute Gasteiger partial charge is 0.306 e. The molecule has 0 aliphatic carbocycles. The summed E-state index contributed by atoms with van der Waals surface area (Å²) in [5.74, 6) is 0.948. The number of anilines is 1. The molecule has 130 valence electrons. The zero-order chi connectivity index (χ0) is 18.0. The topological polar surface area (TPSA) is 32.7 Å². The lowest BCUT2D eigenvalue weighted by atomic mass is 9.99. The maximum atomic E-state index is 12.9. The number of nitrogens with zero attached hydrogens (tertiary/aromatic N) is 2. The maximum absolute atomic E-state index is 12.9. The molecule has 3 heteroatoms. The van der Waals surface area contributed by atoms with Crippen LogP contribution in [-0.2, 0) is 4.79 Å². The summed E-state index contributed by atoms with van der Waals surface area (Å²) in [4.78, 5) is 19.5. The molecule has 2 aromatic rings. The van der Waals surface area contributed by atoms with Gasteiger partial charge in [0.25, 0.3) is 5.91 Å². The molecular weight excluding hydrogens is 308 g/mol. The number of rotatable bonds is 5. The summed E-state index contributed by atoms with van der Waals surface area (Å²) in [7, 11) is 0. The van der Waals surface area contributed by atoms with Gasteiger partial charge in [-0.1, -0.05) is 58.0 Å². The van der Waals surface area contributed by atoms with E-state index in [1.807, 2.05) is 41.3 Å². The minimum Gasteiger partial charge on any atom is -0.306 e. The summed E-state index contributed by atoms with van der Waals surface area (Å²) in [5.41, 5.74) is 4.59. The number of carbonyl (C=O) groups excluding carboxylic acids is 1. The average Bonchev–Trinajstić information content (AvgIpc) is 2.87. The quantitative estimate of drug-likeness (QED) is 0.728. The van der Waals surface area contributed by atoms with Gasteiger partial charge < -0.3 is 4.90 Å². The van der Waals surface area contributed by atoms with Gasteiger partial charge in [0.2, 0.25) is 0 Å². The molecule has 0 fully saturated rings. The van der Waals surface area contributed by atoms with E-state index in [0.717, 1.165) is 23.4 Å². The van der Waals surface area contributed by atoms with Crippen LogP contribution in [0.25, 0.3) is 0 Å². The second kappa shape index (κ2) is 7.22. The number of hydrogen-bond acceptors (Lipinski definition) is 2. The van der Waals surface area contributed by atoms with Crippen LogP contribution >= 0.6 is 0 Å². The van der Waals surface area contributed by atoms with Crippen LogP contribution in [0, 0.1) is 5.92 Å². The number of benzene rings is 2. The van der Waals surface area contributed by atoms with Crippen LogP contribution in [0.3, 0.4) is 0 Å². The Hall–Kier alpha value is -2.42. The van der Waals surface area contributed by atoms with Gasteiger partial charge in [-0.3, -0.25) is 4.79 Å². The number of para-hydroxylation sites is 1. The van der Waals surface area contributed by atoms with E-state index in [-0.39, 0.29) is 5.91 Å². The fourth-order valence-corrected chi connectivity index (χ4v) is 3.16. The van der Waals surface area contributed by atoms with Crippen molar-refractivity contribution in [2.45, 2.75) is 40.0 Å². The first-order valence-corrected chi connectivity index (χ1v) is 9.11. The Morgan fingerprint density at radius 1 is 1.00 bits per heavy atom. The summed E-state index contributed by atoms with van der Waals surface area (Å²) in [6, 6.07) is 16.2. The molecule has 0 spiro atoms. The van der Waals surface area contributed by atoms with Gasteiger partial charge in [-0.2, -0.15) is 0 Å². The number of amides is 1. The second-order valence-electron chi connectivity index (χ2n) is 7.19. The smallest absolute Gasteiger partial charge is 0.277 e. The Morgan fingerprint density at radius 2 is 1.68 bits per heavy atom. The number of hydrogen-bond donors (Lipinski definition) is 0. The van der Waals surface area contributed by atoms with Gasteiger partial charge in [-0.15, -0.1) is 0 Å². The van der Waals surface area contributed by atoms with E-state index in [0.29, 0.717) is 24.1 Å². The van der Waals surface area contributed by atoms with E-state index < -0.39 is 0 Å². The first-order chi connectivity index (χ1) is 12.0. The monoisotopic (exact) mass is 334 g/mol. The van der Waals surface area contributed by atoms with Crippen molar-refractivity contribution in [1.82, 2.24) is 0 Å². The molecule has 1 aliphatic heterocycles. The van der Waals surface area contributed by atoms with Crippen molar-refractivity contribution < 1.29 is 4.79 Å². The normalized spacial score (nSPS) is 16.6. The predicted octanol–water partition coefficient (Wildman–Crippen LogP) is 5.32. The maximum Gasteiger partial charge on any atom is 0.277 e. The van der Waals surface area contributed by atoms with E-state index in [2.05, 4.69) is 44.8 Å². The highest BCUT2D eigenvalue weighted by Crippen LogP contribution is 2.31. The standard InChI is InChI=1S/C22H26N2O/c1-5-16(4)17-10-12-18(13-11-17)23-21-19-8-6-7-9-20(19)24(22(21)25)14-15(2)3/h6-13,15-16H,5,14H2,1-4H3. The molecule has 25 heavy (non-hydrogen) atoms. The van der Waals surface area contributed by atoms with Crippen molar-refractivity contribution in [3.8, 4) is 0 Å². The van der Waals surface area contributed by atoms with Crippen LogP contribution < -0.4 is 4.90 Å². The minimum absolute atomic E-state index is 0.000836. The number of aliphatic imine (C=N–C) groups is 1. The number of fused-ring (bicyclic) bond motifs is 1. The lowest BCUT2D eigenvalue weighted by Gasteiger charge is -2.18. The third kappa shape index (κ3) is 3.51. The molecule has 3 rings (SSSR count).